The zero-order valence-electron chi connectivity index (χ0n) is 9.77. The third kappa shape index (κ3) is 3.94. The Morgan fingerprint density at radius 3 is 2.53 bits per heavy atom. The summed E-state index contributed by atoms with van der Waals surface area (Å²) >= 11 is 5.48. The average molecular weight is 433 g/mol. The Balaban J connectivity index is 2.15. The topological polar surface area (TPSA) is 46.5 Å². The molecule has 2 rings (SSSR count). The van der Waals surface area contributed by atoms with E-state index in [1.54, 1.807) is 12.1 Å². The minimum absolute atomic E-state index is 0.153. The van der Waals surface area contributed by atoms with E-state index in [2.05, 4.69) is 38.5 Å². The molecular formula is C14H10BrIO3. The maximum Gasteiger partial charge on any atom is 0.339 e. The molecule has 2 aromatic rings. The number of hydrogen-bond acceptors (Lipinski definition) is 2. The second-order valence-corrected chi connectivity index (χ2v) is 6.02. The predicted octanol–water partition coefficient (Wildman–Crippen LogP) is 4.33. The molecule has 5 heteroatoms. The molecule has 0 amide bonds. The summed E-state index contributed by atoms with van der Waals surface area (Å²) in [7, 11) is 0. The summed E-state index contributed by atoms with van der Waals surface area (Å²) in [6.45, 7) is 0.346. The zero-order valence-corrected chi connectivity index (χ0v) is 13.5. The van der Waals surface area contributed by atoms with Crippen molar-refractivity contribution in [3.63, 3.8) is 0 Å². The van der Waals surface area contributed by atoms with Gasteiger partial charge >= 0.3 is 5.97 Å². The number of ether oxygens (including phenoxy) is 1. The minimum Gasteiger partial charge on any atom is -0.488 e. The van der Waals surface area contributed by atoms with E-state index in [0.717, 1.165) is 9.13 Å². The molecule has 98 valence electrons. The molecule has 0 aromatic heterocycles. The van der Waals surface area contributed by atoms with Crippen molar-refractivity contribution in [1.29, 1.82) is 0 Å². The molecule has 0 radical (unpaired) electrons. The Morgan fingerprint density at radius 1 is 1.21 bits per heavy atom. The van der Waals surface area contributed by atoms with Gasteiger partial charge in [-0.3, -0.25) is 0 Å². The number of halogens is 2. The Hall–Kier alpha value is -1.08. The fourth-order valence-electron chi connectivity index (χ4n) is 1.54. The zero-order chi connectivity index (χ0) is 13.8. The molecule has 0 spiro atoms. The first-order valence-corrected chi connectivity index (χ1v) is 7.33. The van der Waals surface area contributed by atoms with Crippen LogP contribution in [0.25, 0.3) is 0 Å². The predicted molar refractivity (Wildman–Crippen MR) is 84.6 cm³/mol. The van der Waals surface area contributed by atoms with Gasteiger partial charge in [0.05, 0.1) is 0 Å². The van der Waals surface area contributed by atoms with Gasteiger partial charge in [0.25, 0.3) is 0 Å². The summed E-state index contributed by atoms with van der Waals surface area (Å²) in [6, 6.07) is 12.8. The standard InChI is InChI=1S/C14H10BrIO3/c15-10-3-6-13(12(7-10)14(17)18)19-8-9-1-4-11(16)5-2-9/h1-7H,8H2,(H,17,18). The van der Waals surface area contributed by atoms with Crippen LogP contribution in [0.15, 0.2) is 46.9 Å². The van der Waals surface area contributed by atoms with Crippen LogP contribution in [0.4, 0.5) is 0 Å². The lowest BCUT2D eigenvalue weighted by molar-refractivity contribution is 0.0691. The first kappa shape index (κ1) is 14.3. The SMILES string of the molecule is O=C(O)c1cc(Br)ccc1OCc1ccc(I)cc1. The van der Waals surface area contributed by atoms with Crippen LogP contribution in [0, 0.1) is 3.57 Å². The lowest BCUT2D eigenvalue weighted by Crippen LogP contribution is -2.03. The molecule has 3 nitrogen and oxygen atoms in total. The molecule has 0 aliphatic heterocycles. The van der Waals surface area contributed by atoms with Crippen LogP contribution in [-0.4, -0.2) is 11.1 Å². The van der Waals surface area contributed by atoms with E-state index in [-0.39, 0.29) is 5.56 Å². The van der Waals surface area contributed by atoms with Gasteiger partial charge < -0.3 is 9.84 Å². The highest BCUT2D eigenvalue weighted by atomic mass is 127. The summed E-state index contributed by atoms with van der Waals surface area (Å²) in [5.41, 5.74) is 1.15. The van der Waals surface area contributed by atoms with Gasteiger partial charge in [-0.25, -0.2) is 4.79 Å². The molecule has 0 aliphatic rings. The number of carboxylic acids is 1. The van der Waals surface area contributed by atoms with E-state index in [4.69, 9.17) is 9.84 Å². The van der Waals surface area contributed by atoms with Gasteiger partial charge in [-0.1, -0.05) is 28.1 Å². The molecule has 2 aromatic carbocycles. The fraction of sp³-hybridized carbons (Fsp3) is 0.0714. The van der Waals surface area contributed by atoms with Crippen molar-refractivity contribution < 1.29 is 14.6 Å². The van der Waals surface area contributed by atoms with Crippen molar-refractivity contribution in [2.24, 2.45) is 0 Å². The highest BCUT2D eigenvalue weighted by Gasteiger charge is 2.11. The lowest BCUT2D eigenvalue weighted by atomic mass is 10.2. The van der Waals surface area contributed by atoms with E-state index in [1.807, 2.05) is 24.3 Å². The molecule has 0 saturated heterocycles. The molecule has 0 atom stereocenters. The van der Waals surface area contributed by atoms with Crippen LogP contribution in [0.1, 0.15) is 15.9 Å². The Bertz CT molecular complexity index is 596. The third-order valence-corrected chi connectivity index (χ3v) is 3.69. The third-order valence-electron chi connectivity index (χ3n) is 2.48. The van der Waals surface area contributed by atoms with Gasteiger partial charge in [0, 0.05) is 8.04 Å². The van der Waals surface area contributed by atoms with E-state index in [1.165, 1.54) is 6.07 Å². The van der Waals surface area contributed by atoms with Gasteiger partial charge in [0.2, 0.25) is 0 Å². The summed E-state index contributed by atoms with van der Waals surface area (Å²) < 4.78 is 7.44. The number of rotatable bonds is 4. The Morgan fingerprint density at radius 2 is 1.89 bits per heavy atom. The molecule has 1 N–H and O–H groups in total. The van der Waals surface area contributed by atoms with Gasteiger partial charge in [0.15, 0.2) is 0 Å². The number of carbonyl (C=O) groups is 1. The largest absolute Gasteiger partial charge is 0.488 e. The van der Waals surface area contributed by atoms with Crippen LogP contribution in [0.2, 0.25) is 0 Å². The molecule has 0 bridgehead atoms. The fourth-order valence-corrected chi connectivity index (χ4v) is 2.26. The molecule has 0 fully saturated rings. The Kier molecular flexibility index (Phi) is 4.81. The van der Waals surface area contributed by atoms with Crippen LogP contribution in [0.5, 0.6) is 5.75 Å². The Labute approximate surface area is 132 Å². The van der Waals surface area contributed by atoms with Crippen LogP contribution in [0.3, 0.4) is 0 Å². The molecule has 0 saturated carbocycles. The van der Waals surface area contributed by atoms with E-state index in [0.29, 0.717) is 16.8 Å². The monoisotopic (exact) mass is 432 g/mol. The van der Waals surface area contributed by atoms with Gasteiger partial charge in [0.1, 0.15) is 17.9 Å². The molecule has 0 heterocycles. The minimum atomic E-state index is -1.00. The number of hydrogen-bond donors (Lipinski definition) is 1. The quantitative estimate of drug-likeness (QED) is 0.731. The van der Waals surface area contributed by atoms with E-state index in [9.17, 15) is 4.79 Å². The van der Waals surface area contributed by atoms with Crippen molar-refractivity contribution in [1.82, 2.24) is 0 Å². The molecule has 0 unspecified atom stereocenters. The van der Waals surface area contributed by atoms with Crippen molar-refractivity contribution >= 4 is 44.5 Å². The lowest BCUT2D eigenvalue weighted by Gasteiger charge is -2.09. The second kappa shape index (κ2) is 6.38. The molecule has 0 aliphatic carbocycles. The number of carboxylic acid groups (broad SMARTS) is 1. The van der Waals surface area contributed by atoms with Crippen molar-refractivity contribution in [3.05, 3.63) is 61.6 Å². The van der Waals surface area contributed by atoms with Crippen LogP contribution < -0.4 is 4.74 Å². The summed E-state index contributed by atoms with van der Waals surface area (Å²) in [6.07, 6.45) is 0. The molecular weight excluding hydrogens is 423 g/mol. The summed E-state index contributed by atoms with van der Waals surface area (Å²) in [5, 5.41) is 9.12. The normalized spacial score (nSPS) is 10.2. The second-order valence-electron chi connectivity index (χ2n) is 3.86. The summed E-state index contributed by atoms with van der Waals surface area (Å²) in [4.78, 5) is 11.1. The van der Waals surface area contributed by atoms with Crippen molar-refractivity contribution in [2.75, 3.05) is 0 Å². The average Bonchev–Trinajstić information content (AvgIpc) is 2.39. The smallest absolute Gasteiger partial charge is 0.339 e. The van der Waals surface area contributed by atoms with Crippen molar-refractivity contribution in [2.45, 2.75) is 6.61 Å². The first-order chi connectivity index (χ1) is 9.06. The van der Waals surface area contributed by atoms with Crippen LogP contribution in [-0.2, 0) is 6.61 Å². The van der Waals surface area contributed by atoms with Gasteiger partial charge in [-0.15, -0.1) is 0 Å². The van der Waals surface area contributed by atoms with Crippen LogP contribution >= 0.6 is 38.5 Å². The van der Waals surface area contributed by atoms with Gasteiger partial charge in [-0.05, 0) is 58.5 Å². The van der Waals surface area contributed by atoms with E-state index < -0.39 is 5.97 Å². The summed E-state index contributed by atoms with van der Waals surface area (Å²) in [5.74, 6) is -0.631. The van der Waals surface area contributed by atoms with Crippen molar-refractivity contribution in [3.8, 4) is 5.75 Å². The number of aromatic carboxylic acids is 1. The maximum atomic E-state index is 11.1. The maximum absolute atomic E-state index is 11.1. The highest BCUT2D eigenvalue weighted by molar-refractivity contribution is 14.1. The van der Waals surface area contributed by atoms with E-state index >= 15 is 0 Å². The van der Waals surface area contributed by atoms with Gasteiger partial charge in [-0.2, -0.15) is 0 Å². The number of benzene rings is 2. The molecule has 19 heavy (non-hydrogen) atoms. The first-order valence-electron chi connectivity index (χ1n) is 5.46. The highest BCUT2D eigenvalue weighted by Crippen LogP contribution is 2.24.